The third-order valence-electron chi connectivity index (χ3n) is 2.88. The van der Waals surface area contributed by atoms with Crippen molar-refractivity contribution in [1.29, 1.82) is 0 Å². The largest absolute Gasteiger partial charge is 0.355 e. The standard InChI is InChI=1S/C11H11Cl2FN2O3S/c12-7-2-3-8(10(13)11(7)14)20(18,19)16-6-1-4-9(17)15-5-6/h2-3,6,16H,1,4-5H2,(H,15,17). The highest BCUT2D eigenvalue weighted by Gasteiger charge is 2.27. The van der Waals surface area contributed by atoms with Crippen molar-refractivity contribution in [3.63, 3.8) is 0 Å². The molecule has 2 rings (SSSR count). The van der Waals surface area contributed by atoms with Gasteiger partial charge in [0, 0.05) is 19.0 Å². The zero-order valence-corrected chi connectivity index (χ0v) is 12.4. The molecule has 0 bridgehead atoms. The summed E-state index contributed by atoms with van der Waals surface area (Å²) in [5.74, 6) is -1.11. The van der Waals surface area contributed by atoms with E-state index in [2.05, 4.69) is 10.0 Å². The fraction of sp³-hybridized carbons (Fsp3) is 0.364. The number of carbonyl (C=O) groups excluding carboxylic acids is 1. The van der Waals surface area contributed by atoms with E-state index in [0.29, 0.717) is 6.42 Å². The SMILES string of the molecule is O=C1CCC(NS(=O)(=O)c2ccc(Cl)c(F)c2Cl)CN1. The zero-order valence-electron chi connectivity index (χ0n) is 10.1. The number of hydrogen-bond donors (Lipinski definition) is 2. The first-order valence-corrected chi connectivity index (χ1v) is 7.97. The third kappa shape index (κ3) is 3.22. The van der Waals surface area contributed by atoms with Crippen LogP contribution in [0.3, 0.4) is 0 Å². The van der Waals surface area contributed by atoms with Gasteiger partial charge in [0.05, 0.1) is 10.0 Å². The van der Waals surface area contributed by atoms with Gasteiger partial charge in [0.15, 0.2) is 5.82 Å². The van der Waals surface area contributed by atoms with Gasteiger partial charge in [-0.15, -0.1) is 0 Å². The Bertz CT molecular complexity index is 641. The van der Waals surface area contributed by atoms with E-state index in [-0.39, 0.29) is 28.8 Å². The van der Waals surface area contributed by atoms with Crippen LogP contribution in [0.5, 0.6) is 0 Å². The lowest BCUT2D eigenvalue weighted by Crippen LogP contribution is -2.47. The Morgan fingerprint density at radius 2 is 2.05 bits per heavy atom. The summed E-state index contributed by atoms with van der Waals surface area (Å²) in [4.78, 5) is 10.6. The van der Waals surface area contributed by atoms with E-state index in [1.54, 1.807) is 0 Å². The highest BCUT2D eigenvalue weighted by Crippen LogP contribution is 2.29. The second-order valence-corrected chi connectivity index (χ2v) is 6.80. The molecular formula is C11H11Cl2FN2O3S. The third-order valence-corrected chi connectivity index (χ3v) is 5.21. The molecule has 1 aliphatic heterocycles. The molecule has 1 aromatic rings. The number of benzene rings is 1. The molecule has 0 spiro atoms. The molecule has 1 amide bonds. The molecule has 2 N–H and O–H groups in total. The fourth-order valence-corrected chi connectivity index (χ4v) is 3.85. The van der Waals surface area contributed by atoms with Crippen LogP contribution in [0.2, 0.25) is 10.0 Å². The Kier molecular flexibility index (Phi) is 4.53. The van der Waals surface area contributed by atoms with E-state index < -0.39 is 26.9 Å². The van der Waals surface area contributed by atoms with Crippen molar-refractivity contribution in [3.8, 4) is 0 Å². The van der Waals surface area contributed by atoms with Gasteiger partial charge in [-0.25, -0.2) is 17.5 Å². The van der Waals surface area contributed by atoms with Crippen LogP contribution < -0.4 is 10.0 Å². The van der Waals surface area contributed by atoms with Crippen LogP contribution in [0.4, 0.5) is 4.39 Å². The minimum absolute atomic E-state index is 0.129. The predicted octanol–water partition coefficient (Wildman–Crippen LogP) is 1.69. The van der Waals surface area contributed by atoms with Gasteiger partial charge in [0.25, 0.3) is 0 Å². The zero-order chi connectivity index (χ0) is 14.9. The smallest absolute Gasteiger partial charge is 0.242 e. The first-order chi connectivity index (χ1) is 9.31. The number of sulfonamides is 1. The highest BCUT2D eigenvalue weighted by atomic mass is 35.5. The molecule has 5 nitrogen and oxygen atoms in total. The summed E-state index contributed by atoms with van der Waals surface area (Å²) in [6.45, 7) is 0.186. The van der Waals surface area contributed by atoms with Crippen LogP contribution in [0.15, 0.2) is 17.0 Å². The van der Waals surface area contributed by atoms with Crippen LogP contribution in [0.1, 0.15) is 12.8 Å². The second kappa shape index (κ2) is 5.85. The molecular weight excluding hydrogens is 330 g/mol. The number of piperidine rings is 1. The Morgan fingerprint density at radius 3 is 2.65 bits per heavy atom. The van der Waals surface area contributed by atoms with Crippen LogP contribution in [0.25, 0.3) is 0 Å². The Balaban J connectivity index is 2.23. The van der Waals surface area contributed by atoms with E-state index in [1.165, 1.54) is 0 Å². The number of nitrogens with one attached hydrogen (secondary N) is 2. The normalized spacial score (nSPS) is 19.8. The molecule has 0 radical (unpaired) electrons. The number of rotatable bonds is 3. The maximum atomic E-state index is 13.5. The fourth-order valence-electron chi connectivity index (χ4n) is 1.83. The van der Waals surface area contributed by atoms with Crippen molar-refractivity contribution >= 4 is 39.1 Å². The molecule has 1 fully saturated rings. The second-order valence-electron chi connectivity index (χ2n) is 4.33. The van der Waals surface area contributed by atoms with E-state index >= 15 is 0 Å². The van der Waals surface area contributed by atoms with E-state index in [1.807, 2.05) is 0 Å². The summed E-state index contributed by atoms with van der Waals surface area (Å²) in [6, 6.07) is 1.81. The van der Waals surface area contributed by atoms with Crippen molar-refractivity contribution in [2.24, 2.45) is 0 Å². The maximum absolute atomic E-state index is 13.5. The van der Waals surface area contributed by atoms with Gasteiger partial charge in [-0.1, -0.05) is 23.2 Å². The van der Waals surface area contributed by atoms with Crippen LogP contribution in [0, 0.1) is 5.82 Å². The molecule has 0 aliphatic carbocycles. The molecule has 1 aromatic carbocycles. The Morgan fingerprint density at radius 1 is 1.35 bits per heavy atom. The number of amides is 1. The molecule has 9 heteroatoms. The minimum atomic E-state index is -3.98. The lowest BCUT2D eigenvalue weighted by Gasteiger charge is -2.23. The van der Waals surface area contributed by atoms with Crippen molar-refractivity contribution in [3.05, 3.63) is 28.0 Å². The summed E-state index contributed by atoms with van der Waals surface area (Å²) >= 11 is 11.2. The average molecular weight is 341 g/mol. The topological polar surface area (TPSA) is 75.3 Å². The molecule has 1 unspecified atom stereocenters. The summed E-state index contributed by atoms with van der Waals surface area (Å²) < 4.78 is 40.2. The number of hydrogen-bond acceptors (Lipinski definition) is 3. The summed E-state index contributed by atoms with van der Waals surface area (Å²) in [5.41, 5.74) is 0. The molecule has 1 heterocycles. The minimum Gasteiger partial charge on any atom is -0.355 e. The molecule has 20 heavy (non-hydrogen) atoms. The predicted molar refractivity (Wildman–Crippen MR) is 72.8 cm³/mol. The average Bonchev–Trinajstić information content (AvgIpc) is 2.38. The number of carbonyl (C=O) groups is 1. The highest BCUT2D eigenvalue weighted by molar-refractivity contribution is 7.89. The van der Waals surface area contributed by atoms with Crippen molar-refractivity contribution in [2.45, 2.75) is 23.8 Å². The van der Waals surface area contributed by atoms with E-state index in [4.69, 9.17) is 23.2 Å². The molecule has 0 saturated carbocycles. The monoisotopic (exact) mass is 340 g/mol. The van der Waals surface area contributed by atoms with Gasteiger partial charge in [-0.05, 0) is 18.6 Å². The first kappa shape index (κ1) is 15.5. The number of halogens is 3. The van der Waals surface area contributed by atoms with E-state index in [9.17, 15) is 17.6 Å². The van der Waals surface area contributed by atoms with Crippen molar-refractivity contribution < 1.29 is 17.6 Å². The summed E-state index contributed by atoms with van der Waals surface area (Å²) in [7, 11) is -3.98. The van der Waals surface area contributed by atoms with Crippen LogP contribution >= 0.6 is 23.2 Å². The summed E-state index contributed by atoms with van der Waals surface area (Å²) in [6.07, 6.45) is 0.606. The lowest BCUT2D eigenvalue weighted by molar-refractivity contribution is -0.122. The van der Waals surface area contributed by atoms with Gasteiger partial charge < -0.3 is 5.32 Å². The van der Waals surface area contributed by atoms with Crippen LogP contribution in [-0.4, -0.2) is 26.9 Å². The van der Waals surface area contributed by atoms with Gasteiger partial charge in [0.2, 0.25) is 15.9 Å². The van der Waals surface area contributed by atoms with Crippen molar-refractivity contribution in [2.75, 3.05) is 6.54 Å². The van der Waals surface area contributed by atoms with E-state index in [0.717, 1.165) is 12.1 Å². The van der Waals surface area contributed by atoms with Gasteiger partial charge in [-0.2, -0.15) is 0 Å². The first-order valence-electron chi connectivity index (χ1n) is 5.74. The Hall–Kier alpha value is -0.890. The van der Waals surface area contributed by atoms with Crippen LogP contribution in [-0.2, 0) is 14.8 Å². The Labute approximate surface area is 125 Å². The van der Waals surface area contributed by atoms with Gasteiger partial charge in [-0.3, -0.25) is 4.79 Å². The van der Waals surface area contributed by atoms with Crippen molar-refractivity contribution in [1.82, 2.24) is 10.0 Å². The molecule has 1 saturated heterocycles. The molecule has 0 aromatic heterocycles. The molecule has 1 aliphatic rings. The summed E-state index contributed by atoms with van der Waals surface area (Å²) in [5, 5.41) is 1.75. The molecule has 110 valence electrons. The maximum Gasteiger partial charge on any atom is 0.242 e. The molecule has 1 atom stereocenters. The lowest BCUT2D eigenvalue weighted by atomic mass is 10.1. The van der Waals surface area contributed by atoms with Gasteiger partial charge in [0.1, 0.15) is 4.90 Å². The van der Waals surface area contributed by atoms with Gasteiger partial charge >= 0.3 is 0 Å². The quantitative estimate of drug-likeness (QED) is 0.822.